The van der Waals surface area contributed by atoms with Gasteiger partial charge in [0, 0.05) is 0 Å². The van der Waals surface area contributed by atoms with Crippen LogP contribution in [-0.4, -0.2) is 0 Å². The molecule has 0 spiro atoms. The lowest BCUT2D eigenvalue weighted by atomic mass is 9.91. The molecular weight excluding hydrogens is 264 g/mol. The Bertz CT molecular complexity index is 1120. The zero-order valence-electron chi connectivity index (χ0n) is 12.0. The molecule has 5 aromatic rings. The lowest BCUT2D eigenvalue weighted by molar-refractivity contribution is 1.77. The van der Waals surface area contributed by atoms with Crippen LogP contribution in [0.4, 0.5) is 0 Å². The van der Waals surface area contributed by atoms with E-state index in [0.29, 0.717) is 0 Å². The standard InChI is InChI=1S/C22H13/c1-2-8-16-15(7-1)13-14-21-19-11-4-3-9-17(19)18-10-5-6-12-20(18)22(16)21/h1-6,8-14H. The third-order valence-electron chi connectivity index (χ3n) is 4.55. The summed E-state index contributed by atoms with van der Waals surface area (Å²) in [5.74, 6) is 0. The van der Waals surface area contributed by atoms with E-state index in [-0.39, 0.29) is 0 Å². The molecule has 0 aromatic heterocycles. The monoisotopic (exact) mass is 277 g/mol. The van der Waals surface area contributed by atoms with Crippen molar-refractivity contribution < 1.29 is 0 Å². The van der Waals surface area contributed by atoms with Crippen LogP contribution in [0.2, 0.25) is 0 Å². The highest BCUT2D eigenvalue weighted by atomic mass is 14.1. The molecule has 0 nitrogen and oxygen atoms in total. The molecule has 0 amide bonds. The molecular formula is C22H13. The topological polar surface area (TPSA) is 0 Å². The van der Waals surface area contributed by atoms with Gasteiger partial charge in [0.15, 0.2) is 0 Å². The Morgan fingerprint density at radius 1 is 0.455 bits per heavy atom. The first-order valence-corrected chi connectivity index (χ1v) is 7.56. The summed E-state index contributed by atoms with van der Waals surface area (Å²) in [5.41, 5.74) is 0. The van der Waals surface area contributed by atoms with Gasteiger partial charge >= 0.3 is 0 Å². The van der Waals surface area contributed by atoms with E-state index in [0.717, 1.165) is 0 Å². The summed E-state index contributed by atoms with van der Waals surface area (Å²) in [6.45, 7) is 0. The normalized spacial score (nSPS) is 11.6. The van der Waals surface area contributed by atoms with Crippen molar-refractivity contribution in [3.8, 4) is 0 Å². The Kier molecular flexibility index (Phi) is 2.31. The Balaban J connectivity index is 2.24. The van der Waals surface area contributed by atoms with Crippen molar-refractivity contribution in [2.75, 3.05) is 0 Å². The Hall–Kier alpha value is -2.86. The third kappa shape index (κ3) is 1.47. The van der Waals surface area contributed by atoms with Crippen LogP contribution in [0.1, 0.15) is 0 Å². The predicted molar refractivity (Wildman–Crippen MR) is 95.3 cm³/mol. The minimum Gasteiger partial charge on any atom is -0.0616 e. The summed E-state index contributed by atoms with van der Waals surface area (Å²) >= 11 is 0. The van der Waals surface area contributed by atoms with E-state index in [4.69, 9.17) is 0 Å². The van der Waals surface area contributed by atoms with Crippen LogP contribution in [0, 0.1) is 6.07 Å². The van der Waals surface area contributed by atoms with Gasteiger partial charge in [-0.05, 0) is 49.2 Å². The molecule has 0 fully saturated rings. The van der Waals surface area contributed by atoms with Gasteiger partial charge in [-0.1, -0.05) is 78.9 Å². The summed E-state index contributed by atoms with van der Waals surface area (Å²) in [6.07, 6.45) is 0. The Morgan fingerprint density at radius 2 is 1.00 bits per heavy atom. The van der Waals surface area contributed by atoms with E-state index in [2.05, 4.69) is 78.9 Å². The molecule has 1 radical (unpaired) electrons. The van der Waals surface area contributed by atoms with Gasteiger partial charge in [0.25, 0.3) is 0 Å². The largest absolute Gasteiger partial charge is 0.0616 e. The fourth-order valence-electron chi connectivity index (χ4n) is 3.60. The first-order valence-electron chi connectivity index (χ1n) is 7.56. The summed E-state index contributed by atoms with van der Waals surface area (Å²) in [7, 11) is 0. The number of hydrogen-bond acceptors (Lipinski definition) is 0. The molecule has 0 N–H and O–H groups in total. The van der Waals surface area contributed by atoms with Crippen molar-refractivity contribution in [2.45, 2.75) is 0 Å². The molecule has 0 bridgehead atoms. The molecule has 5 rings (SSSR count). The predicted octanol–water partition coefficient (Wildman–Crippen LogP) is 6.10. The molecule has 0 heterocycles. The summed E-state index contributed by atoms with van der Waals surface area (Å²) < 4.78 is 0. The zero-order valence-corrected chi connectivity index (χ0v) is 12.0. The van der Waals surface area contributed by atoms with Gasteiger partial charge in [-0.15, -0.1) is 0 Å². The smallest absolute Gasteiger partial charge is 0.00201 e. The molecule has 0 saturated heterocycles. The molecule has 0 saturated carbocycles. The molecule has 0 unspecified atom stereocenters. The molecule has 0 aliphatic heterocycles. The average Bonchev–Trinajstić information content (AvgIpc) is 2.61. The first kappa shape index (κ1) is 11.8. The number of rotatable bonds is 0. The maximum atomic E-state index is 3.36. The van der Waals surface area contributed by atoms with E-state index in [1.807, 2.05) is 6.07 Å². The number of fused-ring (bicyclic) bond motifs is 8. The molecule has 5 aromatic carbocycles. The minimum absolute atomic E-state index is 1.18. The van der Waals surface area contributed by atoms with Gasteiger partial charge in [-0.2, -0.15) is 0 Å². The van der Waals surface area contributed by atoms with E-state index < -0.39 is 0 Å². The van der Waals surface area contributed by atoms with E-state index in [9.17, 15) is 0 Å². The lowest BCUT2D eigenvalue weighted by Gasteiger charge is -2.12. The second kappa shape index (κ2) is 4.32. The van der Waals surface area contributed by atoms with Crippen molar-refractivity contribution in [1.82, 2.24) is 0 Å². The average molecular weight is 277 g/mol. The maximum Gasteiger partial charge on any atom is -0.00201 e. The number of benzene rings is 5. The molecule has 0 heteroatoms. The first-order chi connectivity index (χ1) is 10.9. The van der Waals surface area contributed by atoms with Crippen molar-refractivity contribution in [2.24, 2.45) is 0 Å². The highest BCUT2D eigenvalue weighted by Gasteiger charge is 2.10. The third-order valence-corrected chi connectivity index (χ3v) is 4.55. The molecule has 101 valence electrons. The second-order valence-electron chi connectivity index (χ2n) is 5.71. The van der Waals surface area contributed by atoms with Crippen LogP contribution >= 0.6 is 0 Å². The fraction of sp³-hybridized carbons (Fsp3) is 0. The van der Waals surface area contributed by atoms with Crippen LogP contribution in [0.15, 0.2) is 78.9 Å². The van der Waals surface area contributed by atoms with Gasteiger partial charge in [-0.25, -0.2) is 0 Å². The van der Waals surface area contributed by atoms with Crippen molar-refractivity contribution >= 4 is 43.1 Å². The van der Waals surface area contributed by atoms with Crippen LogP contribution in [0.3, 0.4) is 0 Å². The molecule has 22 heavy (non-hydrogen) atoms. The van der Waals surface area contributed by atoms with Gasteiger partial charge in [-0.3, -0.25) is 0 Å². The molecule has 0 aliphatic rings. The van der Waals surface area contributed by atoms with Crippen LogP contribution in [0.25, 0.3) is 43.1 Å². The highest BCUT2D eigenvalue weighted by molar-refractivity contribution is 6.31. The van der Waals surface area contributed by atoms with Crippen LogP contribution < -0.4 is 0 Å². The van der Waals surface area contributed by atoms with E-state index in [1.54, 1.807) is 0 Å². The summed E-state index contributed by atoms with van der Waals surface area (Å²) in [6, 6.07) is 31.4. The van der Waals surface area contributed by atoms with Gasteiger partial charge < -0.3 is 0 Å². The van der Waals surface area contributed by atoms with Gasteiger partial charge in [0.2, 0.25) is 0 Å². The highest BCUT2D eigenvalue weighted by Crippen LogP contribution is 2.38. The molecule has 0 aliphatic carbocycles. The zero-order chi connectivity index (χ0) is 14.5. The second-order valence-corrected chi connectivity index (χ2v) is 5.71. The van der Waals surface area contributed by atoms with Crippen molar-refractivity contribution in [3.63, 3.8) is 0 Å². The number of hydrogen-bond donors (Lipinski definition) is 0. The van der Waals surface area contributed by atoms with Crippen molar-refractivity contribution in [1.29, 1.82) is 0 Å². The lowest BCUT2D eigenvalue weighted by Crippen LogP contribution is -1.84. The van der Waals surface area contributed by atoms with Crippen molar-refractivity contribution in [3.05, 3.63) is 84.9 Å². The summed E-state index contributed by atoms with van der Waals surface area (Å²) in [4.78, 5) is 0. The van der Waals surface area contributed by atoms with Crippen LogP contribution in [-0.2, 0) is 0 Å². The molecule has 0 atom stereocenters. The van der Waals surface area contributed by atoms with Crippen LogP contribution in [0.5, 0.6) is 0 Å². The van der Waals surface area contributed by atoms with E-state index >= 15 is 0 Å². The van der Waals surface area contributed by atoms with E-state index in [1.165, 1.54) is 43.1 Å². The summed E-state index contributed by atoms with van der Waals surface area (Å²) in [5, 5.41) is 10.4. The maximum absolute atomic E-state index is 3.36. The Labute approximate surface area is 128 Å². The van der Waals surface area contributed by atoms with Gasteiger partial charge in [0.05, 0.1) is 0 Å². The SMILES string of the molecule is [c]1cccc2c1ccc1c3ccccc3c3ccccc3c21. The Morgan fingerprint density at radius 3 is 1.73 bits per heavy atom. The fourth-order valence-corrected chi connectivity index (χ4v) is 3.60. The van der Waals surface area contributed by atoms with Gasteiger partial charge in [0.1, 0.15) is 0 Å². The quantitative estimate of drug-likeness (QED) is 0.300. The minimum atomic E-state index is 1.18.